The highest BCUT2D eigenvalue weighted by Crippen LogP contribution is 2.51. The molecule has 1 heterocycles. The standard InChI is InChI=1S/C18H27N3O5S/c1-7-24-13(22)12(11-8-27-15(19)20-11)21-26-18(9-17(5,6)10-18)14(23)25-16(2,3)4/h8H,7,9-10H2,1-6H3,(H2,19,20)/b21-12-. The van der Waals surface area contributed by atoms with Gasteiger partial charge in [-0.3, -0.25) is 0 Å². The average Bonchev–Trinajstić information content (AvgIpc) is 2.90. The summed E-state index contributed by atoms with van der Waals surface area (Å²) in [5.74, 6) is -1.19. The lowest BCUT2D eigenvalue weighted by Gasteiger charge is -2.49. The van der Waals surface area contributed by atoms with Gasteiger partial charge in [0.15, 0.2) is 5.13 Å². The van der Waals surface area contributed by atoms with E-state index in [0.717, 1.165) is 0 Å². The third-order valence-corrected chi connectivity index (χ3v) is 4.52. The first-order chi connectivity index (χ1) is 12.4. The van der Waals surface area contributed by atoms with E-state index < -0.39 is 23.1 Å². The molecule has 0 bridgehead atoms. The van der Waals surface area contributed by atoms with Crippen LogP contribution in [0.5, 0.6) is 0 Å². The van der Waals surface area contributed by atoms with E-state index in [1.165, 1.54) is 11.3 Å². The van der Waals surface area contributed by atoms with Crippen molar-refractivity contribution in [2.45, 2.75) is 65.6 Å². The molecule has 1 saturated carbocycles. The Morgan fingerprint density at radius 2 is 1.96 bits per heavy atom. The monoisotopic (exact) mass is 397 g/mol. The van der Waals surface area contributed by atoms with Gasteiger partial charge < -0.3 is 20.0 Å². The molecular weight excluding hydrogens is 370 g/mol. The molecule has 1 aliphatic carbocycles. The van der Waals surface area contributed by atoms with Crippen LogP contribution in [0.2, 0.25) is 0 Å². The van der Waals surface area contributed by atoms with Crippen LogP contribution in [0.25, 0.3) is 0 Å². The van der Waals surface area contributed by atoms with E-state index in [0.29, 0.717) is 12.8 Å². The van der Waals surface area contributed by atoms with Crippen LogP contribution < -0.4 is 5.73 Å². The van der Waals surface area contributed by atoms with Crippen LogP contribution in [-0.2, 0) is 23.9 Å². The second-order valence-corrected chi connectivity index (χ2v) is 9.23. The van der Waals surface area contributed by atoms with Gasteiger partial charge in [0.2, 0.25) is 11.3 Å². The molecule has 0 atom stereocenters. The number of nitrogens with zero attached hydrogens (tertiary/aromatic N) is 2. The molecule has 8 nitrogen and oxygen atoms in total. The maximum Gasteiger partial charge on any atom is 0.362 e. The summed E-state index contributed by atoms with van der Waals surface area (Å²) in [5.41, 5.74) is 3.77. The maximum atomic E-state index is 12.7. The van der Waals surface area contributed by atoms with Crippen LogP contribution in [0.3, 0.4) is 0 Å². The van der Waals surface area contributed by atoms with Crippen molar-refractivity contribution in [3.8, 4) is 0 Å². The second kappa shape index (κ2) is 7.46. The van der Waals surface area contributed by atoms with Crippen molar-refractivity contribution in [3.63, 3.8) is 0 Å². The van der Waals surface area contributed by atoms with Crippen molar-refractivity contribution in [1.29, 1.82) is 0 Å². The fourth-order valence-corrected chi connectivity index (χ4v) is 3.58. The smallest absolute Gasteiger partial charge is 0.362 e. The number of aromatic nitrogens is 1. The largest absolute Gasteiger partial charge is 0.461 e. The van der Waals surface area contributed by atoms with Crippen LogP contribution >= 0.6 is 11.3 Å². The Labute approximate surface area is 163 Å². The normalized spacial score (nSPS) is 18.4. The van der Waals surface area contributed by atoms with Gasteiger partial charge in [-0.05, 0) is 33.1 Å². The van der Waals surface area contributed by atoms with Gasteiger partial charge in [0.25, 0.3) is 0 Å². The minimum Gasteiger partial charge on any atom is -0.461 e. The number of carbonyl (C=O) groups is 2. The molecule has 0 aliphatic heterocycles. The van der Waals surface area contributed by atoms with E-state index in [1.54, 1.807) is 33.1 Å². The van der Waals surface area contributed by atoms with E-state index >= 15 is 0 Å². The molecule has 9 heteroatoms. The molecule has 1 aromatic heterocycles. The Kier molecular flexibility index (Phi) is 5.84. The van der Waals surface area contributed by atoms with Crippen LogP contribution in [0, 0.1) is 5.41 Å². The first kappa shape index (κ1) is 21.1. The predicted molar refractivity (Wildman–Crippen MR) is 102 cm³/mol. The van der Waals surface area contributed by atoms with E-state index in [2.05, 4.69) is 10.1 Å². The van der Waals surface area contributed by atoms with Gasteiger partial charge in [-0.2, -0.15) is 0 Å². The van der Waals surface area contributed by atoms with Crippen molar-refractivity contribution in [3.05, 3.63) is 11.1 Å². The summed E-state index contributed by atoms with van der Waals surface area (Å²) < 4.78 is 10.5. The molecule has 1 fully saturated rings. The molecule has 1 aromatic rings. The molecule has 2 N–H and O–H groups in total. The SMILES string of the molecule is CCOC(=O)/C(=N\OC1(C(=O)OC(C)(C)C)CC(C)(C)C1)c1csc(N)n1. The minimum absolute atomic E-state index is 0.0957. The van der Waals surface area contributed by atoms with E-state index in [4.69, 9.17) is 20.0 Å². The molecule has 0 spiro atoms. The summed E-state index contributed by atoms with van der Waals surface area (Å²) in [6, 6.07) is 0. The Bertz CT molecular complexity index is 740. The van der Waals surface area contributed by atoms with Gasteiger partial charge in [-0.15, -0.1) is 11.3 Å². The van der Waals surface area contributed by atoms with E-state index in [-0.39, 0.29) is 28.6 Å². The van der Waals surface area contributed by atoms with Crippen molar-refractivity contribution in [2.75, 3.05) is 12.3 Å². The van der Waals surface area contributed by atoms with Crippen molar-refractivity contribution in [2.24, 2.45) is 10.6 Å². The summed E-state index contributed by atoms with van der Waals surface area (Å²) in [4.78, 5) is 34.7. The lowest BCUT2D eigenvalue weighted by atomic mass is 9.61. The highest BCUT2D eigenvalue weighted by Gasteiger charge is 2.59. The van der Waals surface area contributed by atoms with Crippen LogP contribution in [0.4, 0.5) is 5.13 Å². The lowest BCUT2D eigenvalue weighted by Crippen LogP contribution is -2.57. The molecule has 0 aromatic carbocycles. The zero-order valence-corrected chi connectivity index (χ0v) is 17.4. The zero-order chi connectivity index (χ0) is 20.5. The molecule has 0 amide bonds. The minimum atomic E-state index is -1.24. The van der Waals surface area contributed by atoms with E-state index in [1.807, 2.05) is 13.8 Å². The number of esters is 2. The lowest BCUT2D eigenvalue weighted by molar-refractivity contribution is -0.213. The Morgan fingerprint density at radius 3 is 2.41 bits per heavy atom. The van der Waals surface area contributed by atoms with Crippen LogP contribution in [-0.4, -0.2) is 40.4 Å². The molecule has 0 unspecified atom stereocenters. The molecule has 0 radical (unpaired) electrons. The highest BCUT2D eigenvalue weighted by atomic mass is 32.1. The molecule has 150 valence electrons. The van der Waals surface area contributed by atoms with Gasteiger partial charge in [-0.25, -0.2) is 14.6 Å². The maximum absolute atomic E-state index is 12.7. The van der Waals surface area contributed by atoms with Gasteiger partial charge in [-0.1, -0.05) is 19.0 Å². The topological polar surface area (TPSA) is 113 Å². The van der Waals surface area contributed by atoms with Crippen molar-refractivity contribution >= 4 is 34.1 Å². The van der Waals surface area contributed by atoms with Gasteiger partial charge in [0.1, 0.15) is 11.3 Å². The molecule has 1 aliphatic rings. The number of hydrogen-bond acceptors (Lipinski definition) is 9. The second-order valence-electron chi connectivity index (χ2n) is 8.34. The van der Waals surface area contributed by atoms with Crippen molar-refractivity contribution < 1.29 is 23.9 Å². The van der Waals surface area contributed by atoms with Gasteiger partial charge in [0, 0.05) is 18.2 Å². The summed E-state index contributed by atoms with van der Waals surface area (Å²) in [5, 5.41) is 5.83. The Balaban J connectivity index is 2.31. The third-order valence-electron chi connectivity index (χ3n) is 3.84. The number of ether oxygens (including phenoxy) is 2. The quantitative estimate of drug-likeness (QED) is 0.446. The summed E-state index contributed by atoms with van der Waals surface area (Å²) in [6.45, 7) is 11.3. The zero-order valence-electron chi connectivity index (χ0n) is 16.6. The number of nitrogen functional groups attached to an aromatic ring is 1. The van der Waals surface area contributed by atoms with E-state index in [9.17, 15) is 9.59 Å². The number of carbonyl (C=O) groups excluding carboxylic acids is 2. The molecular formula is C18H27N3O5S. The van der Waals surface area contributed by atoms with Crippen LogP contribution in [0.1, 0.15) is 60.1 Å². The Morgan fingerprint density at radius 1 is 1.33 bits per heavy atom. The van der Waals surface area contributed by atoms with Crippen molar-refractivity contribution in [1.82, 2.24) is 4.98 Å². The first-order valence-electron chi connectivity index (χ1n) is 8.76. The predicted octanol–water partition coefficient (Wildman–Crippen LogP) is 2.91. The average molecular weight is 397 g/mol. The number of thiazole rings is 1. The number of oxime groups is 1. The number of nitrogens with two attached hydrogens (primary N) is 1. The molecule has 0 saturated heterocycles. The number of anilines is 1. The van der Waals surface area contributed by atoms with Crippen LogP contribution in [0.15, 0.2) is 10.5 Å². The third kappa shape index (κ3) is 5.18. The first-order valence-corrected chi connectivity index (χ1v) is 9.63. The summed E-state index contributed by atoms with van der Waals surface area (Å²) in [6.07, 6.45) is 0.849. The fraction of sp³-hybridized carbons (Fsp3) is 0.667. The Hall–Kier alpha value is -2.16. The molecule has 27 heavy (non-hydrogen) atoms. The highest BCUT2D eigenvalue weighted by molar-refractivity contribution is 7.13. The number of rotatable bonds is 6. The summed E-state index contributed by atoms with van der Waals surface area (Å²) >= 11 is 1.17. The van der Waals surface area contributed by atoms with Gasteiger partial charge in [0.05, 0.1) is 6.61 Å². The number of hydrogen-bond donors (Lipinski definition) is 1. The molecule has 2 rings (SSSR count). The fourth-order valence-electron chi connectivity index (χ4n) is 3.03. The summed E-state index contributed by atoms with van der Waals surface area (Å²) in [7, 11) is 0. The van der Waals surface area contributed by atoms with Gasteiger partial charge >= 0.3 is 11.9 Å².